The molecule has 0 atom stereocenters. The van der Waals surface area contributed by atoms with Gasteiger partial charge >= 0.3 is 0 Å². The molecule has 3 aromatic carbocycles. The van der Waals surface area contributed by atoms with Crippen LogP contribution in [0, 0.1) is 13.8 Å². The second-order valence-corrected chi connectivity index (χ2v) is 8.69. The molecule has 0 N–H and O–H groups in total. The third kappa shape index (κ3) is 3.94. The van der Waals surface area contributed by atoms with E-state index in [1.165, 1.54) is 0 Å². The minimum Gasteiger partial charge on any atom is -0.496 e. The lowest BCUT2D eigenvalue weighted by Gasteiger charge is -2.16. The van der Waals surface area contributed by atoms with E-state index in [2.05, 4.69) is 24.3 Å². The Morgan fingerprint density at radius 1 is 0.472 bits per heavy atom. The van der Waals surface area contributed by atoms with Crippen molar-refractivity contribution in [3.63, 3.8) is 0 Å². The summed E-state index contributed by atoms with van der Waals surface area (Å²) in [6.45, 7) is 4.02. The molecule has 0 saturated carbocycles. The Balaban J connectivity index is 1.78. The number of rotatable bonds is 6. The highest BCUT2D eigenvalue weighted by atomic mass is 16.5. The molecule has 5 aromatic rings. The van der Waals surface area contributed by atoms with E-state index in [-0.39, 0.29) is 0 Å². The van der Waals surface area contributed by atoms with Crippen molar-refractivity contribution >= 4 is 21.8 Å². The van der Waals surface area contributed by atoms with Gasteiger partial charge in [-0.15, -0.1) is 0 Å². The van der Waals surface area contributed by atoms with E-state index in [1.54, 1.807) is 28.4 Å². The molecule has 0 aliphatic heterocycles. The van der Waals surface area contributed by atoms with Crippen LogP contribution in [0.1, 0.15) is 11.1 Å². The summed E-state index contributed by atoms with van der Waals surface area (Å²) in [7, 11) is 6.63. The molecule has 5 rings (SSSR count). The predicted molar refractivity (Wildman–Crippen MR) is 144 cm³/mol. The Morgan fingerprint density at radius 3 is 1.08 bits per heavy atom. The smallest absolute Gasteiger partial charge is 0.132 e. The predicted octanol–water partition coefficient (Wildman–Crippen LogP) is 6.77. The maximum atomic E-state index is 5.70. The largest absolute Gasteiger partial charge is 0.496 e. The Bertz CT molecular complexity index is 1440. The minimum atomic E-state index is 0.710. The topological polar surface area (TPSA) is 62.7 Å². The van der Waals surface area contributed by atoms with Crippen molar-refractivity contribution in [3.8, 4) is 45.5 Å². The van der Waals surface area contributed by atoms with Crippen molar-refractivity contribution in [2.24, 2.45) is 0 Å². The van der Waals surface area contributed by atoms with Crippen molar-refractivity contribution in [2.45, 2.75) is 13.8 Å². The summed E-state index contributed by atoms with van der Waals surface area (Å²) in [4.78, 5) is 10.1. The number of pyridine rings is 2. The SMILES string of the molecule is COc1cc(C)cc(OC)c1-c1ccc2ccc3ccc(-c4c(OC)cc(C)cc4OC)nc3c2n1. The first kappa shape index (κ1) is 23.4. The molecule has 0 amide bonds. The van der Waals surface area contributed by atoms with E-state index in [0.29, 0.717) is 23.0 Å². The third-order valence-corrected chi connectivity index (χ3v) is 6.33. The summed E-state index contributed by atoms with van der Waals surface area (Å²) in [5, 5.41) is 1.98. The highest BCUT2D eigenvalue weighted by molar-refractivity contribution is 6.04. The Hall–Kier alpha value is -4.32. The second kappa shape index (κ2) is 9.38. The lowest BCUT2D eigenvalue weighted by molar-refractivity contribution is 0.396. The van der Waals surface area contributed by atoms with Crippen LogP contribution in [0.3, 0.4) is 0 Å². The van der Waals surface area contributed by atoms with Gasteiger partial charge in [0.2, 0.25) is 0 Å². The minimum absolute atomic E-state index is 0.710. The molecule has 0 aliphatic rings. The highest BCUT2D eigenvalue weighted by Gasteiger charge is 2.18. The van der Waals surface area contributed by atoms with Crippen molar-refractivity contribution in [1.82, 2.24) is 9.97 Å². The second-order valence-electron chi connectivity index (χ2n) is 8.69. The standard InChI is InChI=1S/C30H28N2O4/c1-17-13-23(33-3)27(24(14-17)34-4)21-11-9-19-7-8-20-10-12-22(32-30(20)29(19)31-21)28-25(35-5)15-18(2)16-26(28)36-6/h7-16H,1-6H3. The van der Waals surface area contributed by atoms with Gasteiger partial charge in [-0.05, 0) is 61.4 Å². The highest BCUT2D eigenvalue weighted by Crippen LogP contribution is 2.41. The van der Waals surface area contributed by atoms with Gasteiger partial charge in [-0.2, -0.15) is 0 Å². The number of methoxy groups -OCH3 is 4. The molecule has 0 radical (unpaired) electrons. The zero-order valence-corrected chi connectivity index (χ0v) is 21.3. The van der Waals surface area contributed by atoms with E-state index in [0.717, 1.165) is 55.4 Å². The quantitative estimate of drug-likeness (QED) is 0.250. The number of hydrogen-bond donors (Lipinski definition) is 0. The van der Waals surface area contributed by atoms with Crippen LogP contribution in [-0.4, -0.2) is 38.4 Å². The van der Waals surface area contributed by atoms with Gasteiger partial charge in [0.25, 0.3) is 0 Å². The zero-order chi connectivity index (χ0) is 25.4. The molecule has 0 unspecified atom stereocenters. The van der Waals surface area contributed by atoms with Crippen molar-refractivity contribution < 1.29 is 18.9 Å². The molecule has 2 aromatic heterocycles. The van der Waals surface area contributed by atoms with Gasteiger partial charge in [-0.1, -0.05) is 24.3 Å². The van der Waals surface area contributed by atoms with E-state index >= 15 is 0 Å². The summed E-state index contributed by atoms with van der Waals surface area (Å²) in [6, 6.07) is 20.1. The van der Waals surface area contributed by atoms with E-state index < -0.39 is 0 Å². The zero-order valence-electron chi connectivity index (χ0n) is 21.3. The fraction of sp³-hybridized carbons (Fsp3) is 0.200. The van der Waals surface area contributed by atoms with Gasteiger partial charge in [-0.3, -0.25) is 0 Å². The van der Waals surface area contributed by atoms with E-state index in [4.69, 9.17) is 28.9 Å². The Kier molecular flexibility index (Phi) is 6.10. The summed E-state index contributed by atoms with van der Waals surface area (Å²) in [5.41, 5.74) is 6.80. The summed E-state index contributed by atoms with van der Waals surface area (Å²) in [5.74, 6) is 2.84. The number of ether oxygens (including phenoxy) is 4. The van der Waals surface area contributed by atoms with Crippen LogP contribution in [0.2, 0.25) is 0 Å². The molecule has 182 valence electrons. The molecular weight excluding hydrogens is 452 g/mol. The Labute approximate surface area is 210 Å². The number of nitrogens with zero attached hydrogens (tertiary/aromatic N) is 2. The van der Waals surface area contributed by atoms with Crippen LogP contribution >= 0.6 is 0 Å². The van der Waals surface area contributed by atoms with Gasteiger partial charge in [-0.25, -0.2) is 9.97 Å². The van der Waals surface area contributed by atoms with Gasteiger partial charge in [0.05, 0.1) is 62.0 Å². The maximum Gasteiger partial charge on any atom is 0.132 e. The number of aromatic nitrogens is 2. The van der Waals surface area contributed by atoms with Crippen LogP contribution < -0.4 is 18.9 Å². The van der Waals surface area contributed by atoms with Crippen LogP contribution in [0.5, 0.6) is 23.0 Å². The molecule has 6 heteroatoms. The molecule has 0 spiro atoms. The average Bonchev–Trinajstić information content (AvgIpc) is 2.91. The number of hydrogen-bond acceptors (Lipinski definition) is 6. The monoisotopic (exact) mass is 480 g/mol. The normalized spacial score (nSPS) is 11.1. The molecule has 36 heavy (non-hydrogen) atoms. The summed E-state index contributed by atoms with van der Waals surface area (Å²) in [6.07, 6.45) is 0. The first-order valence-corrected chi connectivity index (χ1v) is 11.6. The lowest BCUT2D eigenvalue weighted by Crippen LogP contribution is -1.98. The molecular formula is C30H28N2O4. The van der Waals surface area contributed by atoms with Crippen molar-refractivity contribution in [3.05, 3.63) is 71.8 Å². The lowest BCUT2D eigenvalue weighted by atomic mass is 10.0. The molecule has 2 heterocycles. The van der Waals surface area contributed by atoms with Gasteiger partial charge in [0, 0.05) is 10.8 Å². The van der Waals surface area contributed by atoms with Gasteiger partial charge < -0.3 is 18.9 Å². The molecule has 0 fully saturated rings. The Morgan fingerprint density at radius 2 is 0.778 bits per heavy atom. The maximum absolute atomic E-state index is 5.70. The summed E-state index contributed by atoms with van der Waals surface area (Å²) < 4.78 is 22.8. The first-order valence-electron chi connectivity index (χ1n) is 11.6. The van der Waals surface area contributed by atoms with E-state index in [1.807, 2.05) is 50.2 Å². The van der Waals surface area contributed by atoms with Gasteiger partial charge in [0.1, 0.15) is 23.0 Å². The van der Waals surface area contributed by atoms with Crippen LogP contribution in [0.4, 0.5) is 0 Å². The molecule has 0 bridgehead atoms. The average molecular weight is 481 g/mol. The van der Waals surface area contributed by atoms with Crippen LogP contribution in [0.15, 0.2) is 60.7 Å². The number of fused-ring (bicyclic) bond motifs is 3. The number of benzene rings is 3. The van der Waals surface area contributed by atoms with Crippen LogP contribution in [0.25, 0.3) is 44.3 Å². The van der Waals surface area contributed by atoms with Crippen molar-refractivity contribution in [2.75, 3.05) is 28.4 Å². The third-order valence-electron chi connectivity index (χ3n) is 6.33. The van der Waals surface area contributed by atoms with E-state index in [9.17, 15) is 0 Å². The van der Waals surface area contributed by atoms with Crippen LogP contribution in [-0.2, 0) is 0 Å². The fourth-order valence-corrected chi connectivity index (χ4v) is 4.64. The molecule has 0 saturated heterocycles. The van der Waals surface area contributed by atoms with Gasteiger partial charge in [0.15, 0.2) is 0 Å². The number of aryl methyl sites for hydroxylation is 2. The molecule has 0 aliphatic carbocycles. The fourth-order valence-electron chi connectivity index (χ4n) is 4.64. The first-order chi connectivity index (χ1) is 17.5. The summed E-state index contributed by atoms with van der Waals surface area (Å²) >= 11 is 0. The van der Waals surface area contributed by atoms with Crippen molar-refractivity contribution in [1.29, 1.82) is 0 Å². The molecule has 6 nitrogen and oxygen atoms in total.